The fraction of sp³-hybridized carbons (Fsp3) is 0.286. The van der Waals surface area contributed by atoms with Crippen molar-refractivity contribution >= 4 is 17.6 Å². The van der Waals surface area contributed by atoms with Crippen molar-refractivity contribution in [3.8, 4) is 0 Å². The number of benzene rings is 1. The molecule has 5 heteroatoms. The van der Waals surface area contributed by atoms with Gasteiger partial charge in [-0.2, -0.15) is 0 Å². The molecule has 0 saturated carbocycles. The third kappa shape index (κ3) is 1.78. The van der Waals surface area contributed by atoms with Crippen LogP contribution in [0.25, 0.3) is 0 Å². The van der Waals surface area contributed by atoms with Gasteiger partial charge >= 0.3 is 0 Å². The molecule has 0 fully saturated rings. The Balaban J connectivity index is 2.08. The van der Waals surface area contributed by atoms with E-state index in [9.17, 15) is 19.8 Å². The maximum absolute atomic E-state index is 11.2. The van der Waals surface area contributed by atoms with Gasteiger partial charge in [0, 0.05) is 11.6 Å². The van der Waals surface area contributed by atoms with Gasteiger partial charge in [-0.25, -0.2) is 0 Å². The number of allylic oxidation sites excluding steroid dienone is 2. The van der Waals surface area contributed by atoms with Crippen molar-refractivity contribution in [1.82, 2.24) is 0 Å². The van der Waals surface area contributed by atoms with E-state index < -0.39 is 18.0 Å². The summed E-state index contributed by atoms with van der Waals surface area (Å²) in [5, 5.41) is 25.0. The Hall–Kier alpha value is -2.30. The van der Waals surface area contributed by atoms with Crippen molar-refractivity contribution < 1.29 is 19.8 Å². The van der Waals surface area contributed by atoms with Gasteiger partial charge in [-0.3, -0.25) is 0 Å². The SMILES string of the molecule is O=C([O-])c1ccc2c(c1)[C@H]1C=CC[C@@H]1[C@H](C(=O)[O-])N2. The molecular formula is C14H11NO4-2. The molecule has 3 atom stereocenters. The van der Waals surface area contributed by atoms with E-state index in [0.717, 1.165) is 5.56 Å². The second-order valence-electron chi connectivity index (χ2n) is 4.88. The summed E-state index contributed by atoms with van der Waals surface area (Å²) < 4.78 is 0. The Morgan fingerprint density at radius 2 is 2.05 bits per heavy atom. The van der Waals surface area contributed by atoms with Crippen LogP contribution in [0.1, 0.15) is 28.3 Å². The minimum atomic E-state index is -1.23. The Bertz CT molecular complexity index is 593. The van der Waals surface area contributed by atoms with Crippen molar-refractivity contribution in [1.29, 1.82) is 0 Å². The molecule has 0 spiro atoms. The molecule has 1 aliphatic heterocycles. The second-order valence-corrected chi connectivity index (χ2v) is 4.88. The fourth-order valence-corrected chi connectivity index (χ4v) is 2.95. The van der Waals surface area contributed by atoms with Crippen LogP contribution in [0.2, 0.25) is 0 Å². The summed E-state index contributed by atoms with van der Waals surface area (Å²) in [5.74, 6) is -2.58. The van der Waals surface area contributed by atoms with E-state index in [1.807, 2.05) is 12.2 Å². The summed E-state index contributed by atoms with van der Waals surface area (Å²) in [6.45, 7) is 0. The van der Waals surface area contributed by atoms with Crippen LogP contribution in [-0.2, 0) is 4.79 Å². The molecule has 2 aliphatic rings. The molecule has 1 aromatic rings. The second kappa shape index (κ2) is 4.12. The Morgan fingerprint density at radius 1 is 1.26 bits per heavy atom. The normalized spacial score (nSPS) is 27.3. The average Bonchev–Trinajstić information content (AvgIpc) is 2.86. The summed E-state index contributed by atoms with van der Waals surface area (Å²) in [5.41, 5.74) is 1.55. The van der Waals surface area contributed by atoms with E-state index in [1.165, 1.54) is 6.07 Å². The zero-order valence-electron chi connectivity index (χ0n) is 9.96. The standard InChI is InChI=1S/C14H13NO4/c16-13(17)7-4-5-11-10(6-7)8-2-1-3-9(8)12(15-11)14(18)19/h1-2,4-6,8-9,12,15H,3H2,(H,16,17)(H,18,19)/p-2/t8-,9-,12+/m0/s1. The molecule has 0 bridgehead atoms. The predicted molar refractivity (Wildman–Crippen MR) is 63.2 cm³/mol. The van der Waals surface area contributed by atoms with Crippen molar-refractivity contribution in [2.24, 2.45) is 5.92 Å². The average molecular weight is 257 g/mol. The lowest BCUT2D eigenvalue weighted by atomic mass is 9.79. The minimum Gasteiger partial charge on any atom is -0.548 e. The predicted octanol–water partition coefficient (Wildman–Crippen LogP) is -0.746. The van der Waals surface area contributed by atoms with Crippen LogP contribution < -0.4 is 15.5 Å². The van der Waals surface area contributed by atoms with Gasteiger partial charge in [0.25, 0.3) is 0 Å². The van der Waals surface area contributed by atoms with Gasteiger partial charge in [0.05, 0.1) is 18.0 Å². The number of aliphatic carboxylic acids is 1. The summed E-state index contributed by atoms with van der Waals surface area (Å²) in [6, 6.07) is 3.79. The summed E-state index contributed by atoms with van der Waals surface area (Å²) >= 11 is 0. The Labute approximate surface area is 109 Å². The van der Waals surface area contributed by atoms with E-state index >= 15 is 0 Å². The topological polar surface area (TPSA) is 92.3 Å². The molecule has 5 nitrogen and oxygen atoms in total. The number of nitrogens with one attached hydrogen (secondary N) is 1. The van der Waals surface area contributed by atoms with E-state index in [-0.39, 0.29) is 17.4 Å². The zero-order valence-corrected chi connectivity index (χ0v) is 9.96. The molecule has 0 aromatic heterocycles. The quantitative estimate of drug-likeness (QED) is 0.704. The van der Waals surface area contributed by atoms with Gasteiger partial charge in [-0.1, -0.05) is 18.2 Å². The molecule has 1 heterocycles. The Kier molecular flexibility index (Phi) is 2.55. The molecule has 1 aromatic carbocycles. The van der Waals surface area contributed by atoms with Gasteiger partial charge in [-0.05, 0) is 35.6 Å². The maximum atomic E-state index is 11.2. The lowest BCUT2D eigenvalue weighted by Gasteiger charge is -2.37. The molecule has 0 radical (unpaired) electrons. The van der Waals surface area contributed by atoms with Crippen molar-refractivity contribution in [3.63, 3.8) is 0 Å². The molecule has 0 amide bonds. The van der Waals surface area contributed by atoms with Gasteiger partial charge in [0.1, 0.15) is 0 Å². The number of rotatable bonds is 2. The van der Waals surface area contributed by atoms with Gasteiger partial charge < -0.3 is 25.1 Å². The van der Waals surface area contributed by atoms with Crippen LogP contribution >= 0.6 is 0 Å². The lowest BCUT2D eigenvalue weighted by molar-refractivity contribution is -0.308. The van der Waals surface area contributed by atoms with Crippen LogP contribution in [-0.4, -0.2) is 18.0 Å². The van der Waals surface area contributed by atoms with E-state index in [4.69, 9.17) is 0 Å². The van der Waals surface area contributed by atoms with Crippen molar-refractivity contribution in [2.45, 2.75) is 18.4 Å². The highest BCUT2D eigenvalue weighted by Gasteiger charge is 2.37. The molecular weight excluding hydrogens is 246 g/mol. The van der Waals surface area contributed by atoms with Crippen molar-refractivity contribution in [2.75, 3.05) is 5.32 Å². The first-order valence-electron chi connectivity index (χ1n) is 6.07. The highest BCUT2D eigenvalue weighted by atomic mass is 16.4. The first-order chi connectivity index (χ1) is 9.08. The van der Waals surface area contributed by atoms with E-state index in [2.05, 4.69) is 5.32 Å². The highest BCUT2D eigenvalue weighted by molar-refractivity contribution is 5.88. The summed E-state index contributed by atoms with van der Waals surface area (Å²) in [4.78, 5) is 22.1. The number of carboxylic acid groups (broad SMARTS) is 2. The first kappa shape index (κ1) is 11.8. The molecule has 98 valence electrons. The molecule has 19 heavy (non-hydrogen) atoms. The number of anilines is 1. The van der Waals surface area contributed by atoms with Gasteiger partial charge in [-0.15, -0.1) is 0 Å². The molecule has 1 aliphatic carbocycles. The molecule has 0 unspecified atom stereocenters. The maximum Gasteiger partial charge on any atom is 0.0715 e. The Morgan fingerprint density at radius 3 is 2.74 bits per heavy atom. The number of aromatic carboxylic acids is 1. The van der Waals surface area contributed by atoms with Crippen LogP contribution in [0.4, 0.5) is 5.69 Å². The van der Waals surface area contributed by atoms with Gasteiger partial charge in [0.15, 0.2) is 0 Å². The monoisotopic (exact) mass is 257 g/mol. The van der Waals surface area contributed by atoms with Crippen molar-refractivity contribution in [3.05, 3.63) is 41.5 Å². The summed E-state index contributed by atoms with van der Waals surface area (Å²) in [6.07, 6.45) is 4.50. The van der Waals surface area contributed by atoms with E-state index in [1.54, 1.807) is 12.1 Å². The number of hydrogen-bond donors (Lipinski definition) is 1. The van der Waals surface area contributed by atoms with E-state index in [0.29, 0.717) is 12.1 Å². The zero-order chi connectivity index (χ0) is 13.6. The number of fused-ring (bicyclic) bond motifs is 3. The van der Waals surface area contributed by atoms with Crippen LogP contribution in [0.15, 0.2) is 30.4 Å². The van der Waals surface area contributed by atoms with Crippen LogP contribution in [0.3, 0.4) is 0 Å². The number of carboxylic acids is 2. The number of carbonyl (C=O) groups excluding carboxylic acids is 2. The highest BCUT2D eigenvalue weighted by Crippen LogP contribution is 2.44. The third-order valence-corrected chi connectivity index (χ3v) is 3.85. The fourth-order valence-electron chi connectivity index (χ4n) is 2.95. The number of hydrogen-bond acceptors (Lipinski definition) is 5. The third-order valence-electron chi connectivity index (χ3n) is 3.85. The largest absolute Gasteiger partial charge is 0.548 e. The molecule has 3 rings (SSSR count). The lowest BCUT2D eigenvalue weighted by Crippen LogP contribution is -2.48. The number of carbonyl (C=O) groups is 2. The summed E-state index contributed by atoms with van der Waals surface area (Å²) in [7, 11) is 0. The first-order valence-corrected chi connectivity index (χ1v) is 6.07. The van der Waals surface area contributed by atoms with Crippen LogP contribution in [0, 0.1) is 5.92 Å². The smallest absolute Gasteiger partial charge is 0.0715 e. The minimum absolute atomic E-state index is 0.0848. The van der Waals surface area contributed by atoms with Crippen LogP contribution in [0.5, 0.6) is 0 Å². The molecule has 1 N–H and O–H groups in total. The molecule has 0 saturated heterocycles. The van der Waals surface area contributed by atoms with Gasteiger partial charge in [0.2, 0.25) is 0 Å².